The number of hydrogen-bond acceptors (Lipinski definition) is 5. The van der Waals surface area contributed by atoms with Crippen LogP contribution in [-0.2, 0) is 12.6 Å². The number of hydrogen-bond donors (Lipinski definition) is 1. The lowest BCUT2D eigenvalue weighted by atomic mass is 9.82. The van der Waals surface area contributed by atoms with Crippen molar-refractivity contribution in [2.45, 2.75) is 50.4 Å². The summed E-state index contributed by atoms with van der Waals surface area (Å²) >= 11 is 6.41. The Labute approximate surface area is 240 Å². The Morgan fingerprint density at radius 3 is 2.41 bits per heavy atom. The van der Waals surface area contributed by atoms with E-state index in [2.05, 4.69) is 9.88 Å². The van der Waals surface area contributed by atoms with Crippen molar-refractivity contribution >= 4 is 29.4 Å². The molecule has 0 bridgehead atoms. The molecule has 2 aliphatic rings. The highest BCUT2D eigenvalue weighted by Gasteiger charge is 2.50. The summed E-state index contributed by atoms with van der Waals surface area (Å²) in [5.41, 5.74) is 1.63. The molecule has 3 aromatic rings. The molecule has 2 atom stereocenters. The number of carboxylic acid groups (broad SMARTS) is 1. The van der Waals surface area contributed by atoms with Gasteiger partial charge in [0.25, 0.3) is 0 Å². The number of benzene rings is 2. The summed E-state index contributed by atoms with van der Waals surface area (Å²) in [7, 11) is 1.79. The molecule has 2 aromatic carbocycles. The molecule has 5 rings (SSSR count). The van der Waals surface area contributed by atoms with Gasteiger partial charge in [0.05, 0.1) is 29.2 Å². The van der Waals surface area contributed by atoms with Crippen LogP contribution in [0.4, 0.5) is 23.7 Å². The predicted octanol–water partition coefficient (Wildman–Crippen LogP) is 7.14. The average Bonchev–Trinajstić information content (AvgIpc) is 2.96. The third-order valence-corrected chi connectivity index (χ3v) is 8.79. The summed E-state index contributed by atoms with van der Waals surface area (Å²) in [5, 5.41) is 9.14. The lowest BCUT2D eigenvalue weighted by Gasteiger charge is -2.49. The van der Waals surface area contributed by atoms with Crippen molar-refractivity contribution in [2.75, 3.05) is 25.0 Å². The molecular weight excluding hydrogens is 559 g/mol. The maximum Gasteiger partial charge on any atom is 0.511 e. The number of pyridine rings is 1. The lowest BCUT2D eigenvalue weighted by Crippen LogP contribution is -2.61. The molecular formula is C30H30ClF3N3O4+. The number of quaternary nitrogens is 1. The molecule has 2 unspecified atom stereocenters. The van der Waals surface area contributed by atoms with Gasteiger partial charge >= 0.3 is 18.2 Å². The van der Waals surface area contributed by atoms with Gasteiger partial charge in [-0.25, -0.2) is 14.1 Å². The Bertz CT molecular complexity index is 1440. The molecule has 1 aliphatic heterocycles. The fourth-order valence-corrected chi connectivity index (χ4v) is 6.57. The zero-order valence-electron chi connectivity index (χ0n) is 22.4. The molecule has 1 N–H and O–H groups in total. The Balaban J connectivity index is 1.58. The van der Waals surface area contributed by atoms with Crippen LogP contribution < -0.4 is 9.64 Å². The van der Waals surface area contributed by atoms with Gasteiger partial charge < -0.3 is 14.7 Å². The molecule has 0 radical (unpaired) electrons. The minimum Gasteiger partial charge on any atom is -0.449 e. The summed E-state index contributed by atoms with van der Waals surface area (Å²) in [4.78, 5) is 32.1. The SMILES string of the molecule is C[N+](C(=O)c1cc(C(F)(F)F)ccc1Cl)(C1CCN(c2ccncc2)CC1)C1CCCc2ccc(OC(=O)O)cc21. The van der Waals surface area contributed by atoms with Gasteiger partial charge in [0.2, 0.25) is 0 Å². The number of halogens is 4. The number of alkyl halides is 3. The van der Waals surface area contributed by atoms with Crippen molar-refractivity contribution in [3.8, 4) is 5.75 Å². The first-order valence-corrected chi connectivity index (χ1v) is 13.8. The molecule has 41 heavy (non-hydrogen) atoms. The van der Waals surface area contributed by atoms with Crippen LogP contribution in [0.15, 0.2) is 60.9 Å². The standard InChI is InChI=1S/C30H29ClF3N3O4/c1-37(22-11-15-36(16-12-22)21-9-13-35-14-10-21,28(38)25-17-20(30(32,33)34)6-8-26(25)31)27-4-2-3-19-5-7-23(18-24(19)27)41-29(39)40/h5-10,13-14,17-18,22,27H,2-4,11-12,15-16H2,1H3/p+1. The highest BCUT2D eigenvalue weighted by atomic mass is 35.5. The largest absolute Gasteiger partial charge is 0.511 e. The second-order valence-corrected chi connectivity index (χ2v) is 11.1. The molecule has 1 fully saturated rings. The van der Waals surface area contributed by atoms with Crippen LogP contribution in [-0.4, -0.2) is 52.8 Å². The molecule has 1 aliphatic carbocycles. The second-order valence-electron chi connectivity index (χ2n) is 10.7. The Morgan fingerprint density at radius 1 is 1.05 bits per heavy atom. The smallest absolute Gasteiger partial charge is 0.449 e. The van der Waals surface area contributed by atoms with Crippen LogP contribution in [0.3, 0.4) is 0 Å². The molecule has 1 amide bonds. The van der Waals surface area contributed by atoms with Crippen LogP contribution in [0.2, 0.25) is 5.02 Å². The predicted molar refractivity (Wildman–Crippen MR) is 147 cm³/mol. The Hall–Kier alpha value is -3.63. The molecule has 1 saturated heterocycles. The fourth-order valence-electron chi connectivity index (χ4n) is 6.38. The van der Waals surface area contributed by atoms with Gasteiger partial charge in [0.15, 0.2) is 0 Å². The first-order chi connectivity index (χ1) is 19.5. The van der Waals surface area contributed by atoms with Gasteiger partial charge in [0.1, 0.15) is 11.8 Å². The van der Waals surface area contributed by atoms with Gasteiger partial charge in [-0.2, -0.15) is 13.2 Å². The van der Waals surface area contributed by atoms with Gasteiger partial charge in [-0.1, -0.05) is 17.7 Å². The van der Waals surface area contributed by atoms with Crippen LogP contribution in [0, 0.1) is 0 Å². The number of fused-ring (bicyclic) bond motifs is 1. The number of carbonyl (C=O) groups is 2. The van der Waals surface area contributed by atoms with E-state index in [0.29, 0.717) is 32.4 Å². The molecule has 7 nitrogen and oxygen atoms in total. The fraction of sp³-hybridized carbons (Fsp3) is 0.367. The van der Waals surface area contributed by atoms with E-state index >= 15 is 0 Å². The lowest BCUT2D eigenvalue weighted by molar-refractivity contribution is -0.888. The van der Waals surface area contributed by atoms with Gasteiger partial charge in [-0.05, 0) is 60.9 Å². The third-order valence-electron chi connectivity index (χ3n) is 8.47. The number of amides is 1. The molecule has 2 heterocycles. The minimum atomic E-state index is -4.64. The summed E-state index contributed by atoms with van der Waals surface area (Å²) in [6, 6.07) is 11.1. The molecule has 0 saturated carbocycles. The number of piperidine rings is 1. The number of nitrogens with zero attached hydrogens (tertiary/aromatic N) is 3. The van der Waals surface area contributed by atoms with E-state index in [9.17, 15) is 27.9 Å². The topological polar surface area (TPSA) is 79.7 Å². The number of aromatic nitrogens is 1. The first-order valence-electron chi connectivity index (χ1n) is 13.4. The van der Waals surface area contributed by atoms with Crippen molar-refractivity contribution in [1.82, 2.24) is 4.98 Å². The van der Waals surface area contributed by atoms with E-state index in [4.69, 9.17) is 16.3 Å². The van der Waals surface area contributed by atoms with E-state index in [0.717, 1.165) is 47.9 Å². The average molecular weight is 589 g/mol. The zero-order chi connectivity index (χ0) is 29.4. The molecule has 0 spiro atoms. The molecule has 11 heteroatoms. The van der Waals surface area contributed by atoms with Crippen molar-refractivity contribution in [3.63, 3.8) is 0 Å². The Morgan fingerprint density at radius 2 is 1.76 bits per heavy atom. The second kappa shape index (κ2) is 11.3. The normalized spacial score (nSPS) is 19.2. The van der Waals surface area contributed by atoms with Crippen LogP contribution in [0.5, 0.6) is 5.75 Å². The van der Waals surface area contributed by atoms with Crippen LogP contribution >= 0.6 is 11.6 Å². The number of carbonyl (C=O) groups excluding carboxylic acids is 1. The van der Waals surface area contributed by atoms with E-state index in [1.807, 2.05) is 12.1 Å². The minimum absolute atomic E-state index is 0.0411. The van der Waals surface area contributed by atoms with Crippen molar-refractivity contribution in [3.05, 3.63) is 88.2 Å². The molecule has 1 aromatic heterocycles. The molecule has 216 valence electrons. The number of anilines is 1. The van der Waals surface area contributed by atoms with Gasteiger partial charge in [-0.3, -0.25) is 4.98 Å². The van der Waals surface area contributed by atoms with Crippen molar-refractivity contribution < 1.29 is 37.1 Å². The van der Waals surface area contributed by atoms with E-state index in [1.165, 1.54) is 0 Å². The number of rotatable bonds is 5. The van der Waals surface area contributed by atoms with Crippen molar-refractivity contribution in [2.24, 2.45) is 0 Å². The summed E-state index contributed by atoms with van der Waals surface area (Å²) in [6.45, 7) is 1.29. The maximum atomic E-state index is 14.6. The highest BCUT2D eigenvalue weighted by Crippen LogP contribution is 2.45. The monoisotopic (exact) mass is 588 g/mol. The summed E-state index contributed by atoms with van der Waals surface area (Å²) < 4.78 is 45.8. The Kier molecular flexibility index (Phi) is 7.98. The summed E-state index contributed by atoms with van der Waals surface area (Å²) in [5.74, 6) is -0.363. The zero-order valence-corrected chi connectivity index (χ0v) is 23.2. The van der Waals surface area contributed by atoms with Crippen LogP contribution in [0.25, 0.3) is 0 Å². The van der Waals surface area contributed by atoms with E-state index in [-0.39, 0.29) is 26.9 Å². The van der Waals surface area contributed by atoms with Crippen LogP contribution in [0.1, 0.15) is 58.8 Å². The van der Waals surface area contributed by atoms with E-state index in [1.54, 1.807) is 37.6 Å². The maximum absolute atomic E-state index is 14.6. The quantitative estimate of drug-likeness (QED) is 0.194. The third kappa shape index (κ3) is 5.76. The first kappa shape index (κ1) is 28.9. The number of aryl methyl sites for hydroxylation is 1. The van der Waals surface area contributed by atoms with Crippen molar-refractivity contribution in [1.29, 1.82) is 0 Å². The van der Waals surface area contributed by atoms with Gasteiger partial charge in [-0.15, -0.1) is 0 Å². The van der Waals surface area contributed by atoms with E-state index < -0.39 is 29.8 Å². The highest BCUT2D eigenvalue weighted by molar-refractivity contribution is 6.33. The van der Waals surface area contributed by atoms with Gasteiger partial charge in [0, 0.05) is 56.0 Å². The summed E-state index contributed by atoms with van der Waals surface area (Å²) in [6.07, 6.45) is 0.656. The number of ether oxygens (including phenoxy) is 1.